The van der Waals surface area contributed by atoms with Gasteiger partial charge in [0.2, 0.25) is 15.9 Å². The molecule has 2 aliphatic rings. The third-order valence-electron chi connectivity index (χ3n) is 7.60. The first-order chi connectivity index (χ1) is 17.8. The van der Waals surface area contributed by atoms with Crippen molar-refractivity contribution in [2.24, 2.45) is 5.73 Å². The molecule has 1 aliphatic heterocycles. The average molecular weight is 541 g/mol. The van der Waals surface area contributed by atoms with Crippen LogP contribution in [0.5, 0.6) is 5.88 Å². The molecule has 3 N–H and O–H groups in total. The number of anilines is 2. The molecule has 2 atom stereocenters. The van der Waals surface area contributed by atoms with E-state index in [0.717, 1.165) is 27.6 Å². The van der Waals surface area contributed by atoms with Gasteiger partial charge < -0.3 is 20.5 Å². The summed E-state index contributed by atoms with van der Waals surface area (Å²) in [6.07, 6.45) is 4.18. The minimum atomic E-state index is -3.30. The van der Waals surface area contributed by atoms with Crippen LogP contribution in [-0.2, 0) is 26.9 Å². The SMILES string of the molecule is C[C@@H]1OCc2ccc(Nc3cc4c(C(C)(C)N)cnc(OC5CC(S(=O)(=O)N(C)C)C5)c4cn3)nc2[C@H]1C. The van der Waals surface area contributed by atoms with E-state index in [4.69, 9.17) is 20.2 Å². The molecular formula is C27H36N6O4S. The van der Waals surface area contributed by atoms with Crippen LogP contribution >= 0.6 is 0 Å². The number of fused-ring (bicyclic) bond motifs is 2. The highest BCUT2D eigenvalue weighted by Gasteiger charge is 2.41. The van der Waals surface area contributed by atoms with Crippen molar-refractivity contribution in [3.05, 3.63) is 47.4 Å². The van der Waals surface area contributed by atoms with E-state index in [1.807, 2.05) is 32.0 Å². The first-order valence-corrected chi connectivity index (χ1v) is 14.4. The lowest BCUT2D eigenvalue weighted by Gasteiger charge is -2.36. The maximum Gasteiger partial charge on any atom is 0.223 e. The second-order valence-corrected chi connectivity index (χ2v) is 13.6. The van der Waals surface area contributed by atoms with Gasteiger partial charge in [-0.05, 0) is 49.4 Å². The smallest absolute Gasteiger partial charge is 0.223 e. The Kier molecular flexibility index (Phi) is 6.83. The van der Waals surface area contributed by atoms with Crippen molar-refractivity contribution in [3.63, 3.8) is 0 Å². The van der Waals surface area contributed by atoms with Crippen molar-refractivity contribution >= 4 is 32.4 Å². The van der Waals surface area contributed by atoms with Gasteiger partial charge >= 0.3 is 0 Å². The quantitative estimate of drug-likeness (QED) is 0.459. The van der Waals surface area contributed by atoms with Crippen molar-refractivity contribution in [3.8, 4) is 5.88 Å². The normalized spacial score (nSPS) is 23.7. The van der Waals surface area contributed by atoms with Gasteiger partial charge in [0.1, 0.15) is 17.7 Å². The van der Waals surface area contributed by atoms with Crippen LogP contribution in [0.3, 0.4) is 0 Å². The van der Waals surface area contributed by atoms with Gasteiger partial charge in [0, 0.05) is 50.8 Å². The first kappa shape index (κ1) is 26.7. The van der Waals surface area contributed by atoms with Gasteiger partial charge in [0.15, 0.2) is 0 Å². The number of ether oxygens (including phenoxy) is 2. The molecular weight excluding hydrogens is 504 g/mol. The molecule has 0 unspecified atom stereocenters. The molecule has 3 aromatic rings. The Labute approximate surface area is 224 Å². The topological polar surface area (TPSA) is 133 Å². The summed E-state index contributed by atoms with van der Waals surface area (Å²) in [5, 5.41) is 4.49. The average Bonchev–Trinajstić information content (AvgIpc) is 2.82. The molecule has 1 fully saturated rings. The van der Waals surface area contributed by atoms with Crippen molar-refractivity contribution in [2.75, 3.05) is 19.4 Å². The molecule has 4 heterocycles. The Morgan fingerprint density at radius 1 is 1.11 bits per heavy atom. The van der Waals surface area contributed by atoms with Crippen LogP contribution < -0.4 is 15.8 Å². The van der Waals surface area contributed by atoms with Crippen LogP contribution in [0.15, 0.2) is 30.6 Å². The Hall–Kier alpha value is -2.86. The molecule has 204 valence electrons. The third-order valence-corrected chi connectivity index (χ3v) is 9.84. The summed E-state index contributed by atoms with van der Waals surface area (Å²) in [4.78, 5) is 14.0. The monoisotopic (exact) mass is 540 g/mol. The van der Waals surface area contributed by atoms with E-state index in [2.05, 4.69) is 29.1 Å². The molecule has 0 bridgehead atoms. The number of nitrogens with one attached hydrogen (secondary N) is 1. The van der Waals surface area contributed by atoms with E-state index < -0.39 is 20.8 Å². The first-order valence-electron chi connectivity index (χ1n) is 12.9. The maximum absolute atomic E-state index is 12.4. The second kappa shape index (κ2) is 9.71. The highest BCUT2D eigenvalue weighted by atomic mass is 32.2. The van der Waals surface area contributed by atoms with Crippen LogP contribution in [0, 0.1) is 0 Å². The Balaban J connectivity index is 1.43. The molecule has 0 aromatic carbocycles. The third kappa shape index (κ3) is 4.95. The van der Waals surface area contributed by atoms with E-state index in [-0.39, 0.29) is 18.1 Å². The predicted molar refractivity (Wildman–Crippen MR) is 147 cm³/mol. The van der Waals surface area contributed by atoms with Gasteiger partial charge in [-0.25, -0.2) is 27.7 Å². The number of aromatic nitrogens is 3. The van der Waals surface area contributed by atoms with E-state index >= 15 is 0 Å². The standard InChI is InChI=1S/C27H36N6O4S/c1-15-16(2)36-14-17-7-8-23(32-25(15)17)31-24-11-20-21(12-29-24)26(30-13-22(20)27(3,4)28)37-18-9-19(10-18)38(34,35)33(5)6/h7-8,11-13,15-16,18-19H,9-10,14,28H2,1-6H3,(H,29,31,32)/t15-,16-,18?,19?/m0/s1. The van der Waals surface area contributed by atoms with Gasteiger partial charge in [-0.2, -0.15) is 0 Å². The Bertz CT molecular complexity index is 1460. The summed E-state index contributed by atoms with van der Waals surface area (Å²) < 4.78 is 38.0. The van der Waals surface area contributed by atoms with Crippen molar-refractivity contribution in [1.29, 1.82) is 0 Å². The van der Waals surface area contributed by atoms with E-state index in [9.17, 15) is 8.42 Å². The minimum Gasteiger partial charge on any atom is -0.474 e. The number of pyridine rings is 3. The highest BCUT2D eigenvalue weighted by molar-refractivity contribution is 7.89. The number of rotatable bonds is 7. The van der Waals surface area contributed by atoms with Gasteiger partial charge in [0.25, 0.3) is 0 Å². The van der Waals surface area contributed by atoms with Crippen molar-refractivity contribution < 1.29 is 17.9 Å². The lowest BCUT2D eigenvalue weighted by atomic mass is 9.92. The van der Waals surface area contributed by atoms with Gasteiger partial charge in [-0.3, -0.25) is 0 Å². The zero-order chi connectivity index (χ0) is 27.4. The molecule has 5 rings (SSSR count). The van der Waals surface area contributed by atoms with Gasteiger partial charge in [-0.1, -0.05) is 13.0 Å². The van der Waals surface area contributed by atoms with Crippen LogP contribution in [0.1, 0.15) is 63.3 Å². The molecule has 0 amide bonds. The maximum atomic E-state index is 12.4. The summed E-state index contributed by atoms with van der Waals surface area (Å²) >= 11 is 0. The molecule has 3 aromatic heterocycles. The summed E-state index contributed by atoms with van der Waals surface area (Å²) in [5.41, 5.74) is 8.83. The second-order valence-electron chi connectivity index (χ2n) is 11.1. The highest BCUT2D eigenvalue weighted by Crippen LogP contribution is 2.37. The predicted octanol–water partition coefficient (Wildman–Crippen LogP) is 3.79. The summed E-state index contributed by atoms with van der Waals surface area (Å²) in [7, 11) is -0.191. The van der Waals surface area contributed by atoms with Crippen molar-refractivity contribution in [1.82, 2.24) is 19.3 Å². The van der Waals surface area contributed by atoms with Gasteiger partial charge in [-0.15, -0.1) is 0 Å². The molecule has 10 nitrogen and oxygen atoms in total. The number of nitrogens with two attached hydrogens (primary N) is 1. The van der Waals surface area contributed by atoms with E-state index in [0.29, 0.717) is 37.0 Å². The largest absolute Gasteiger partial charge is 0.474 e. The summed E-state index contributed by atoms with van der Waals surface area (Å²) in [6.45, 7) is 8.61. The molecule has 11 heteroatoms. The number of sulfonamides is 1. The molecule has 0 spiro atoms. The lowest BCUT2D eigenvalue weighted by molar-refractivity contribution is 0.0226. The summed E-state index contributed by atoms with van der Waals surface area (Å²) in [6, 6.07) is 5.91. The lowest BCUT2D eigenvalue weighted by Crippen LogP contribution is -2.47. The Morgan fingerprint density at radius 2 is 1.84 bits per heavy atom. The number of hydrogen-bond donors (Lipinski definition) is 2. The molecule has 0 saturated heterocycles. The molecule has 1 aliphatic carbocycles. The fourth-order valence-electron chi connectivity index (χ4n) is 4.91. The fourth-order valence-corrected chi connectivity index (χ4v) is 6.42. The number of nitrogens with zero attached hydrogens (tertiary/aromatic N) is 4. The van der Waals surface area contributed by atoms with Crippen LogP contribution in [0.2, 0.25) is 0 Å². The number of hydrogen-bond acceptors (Lipinski definition) is 9. The zero-order valence-electron chi connectivity index (χ0n) is 22.7. The van der Waals surface area contributed by atoms with Crippen molar-refractivity contribution in [2.45, 2.75) is 76.1 Å². The minimum absolute atomic E-state index is 0.109. The van der Waals surface area contributed by atoms with Gasteiger partial charge in [0.05, 0.1) is 29.0 Å². The molecule has 1 saturated carbocycles. The van der Waals surface area contributed by atoms with E-state index in [1.54, 1.807) is 26.5 Å². The van der Waals surface area contributed by atoms with E-state index in [1.165, 1.54) is 4.31 Å². The zero-order valence-corrected chi connectivity index (χ0v) is 23.5. The summed E-state index contributed by atoms with van der Waals surface area (Å²) in [5.74, 6) is 1.95. The van der Waals surface area contributed by atoms with Crippen LogP contribution in [0.25, 0.3) is 10.8 Å². The van der Waals surface area contributed by atoms with Crippen LogP contribution in [0.4, 0.5) is 11.6 Å². The fraction of sp³-hybridized carbons (Fsp3) is 0.519. The van der Waals surface area contributed by atoms with Crippen LogP contribution in [-0.4, -0.2) is 59.2 Å². The Morgan fingerprint density at radius 3 is 2.53 bits per heavy atom. The molecule has 38 heavy (non-hydrogen) atoms. The molecule has 0 radical (unpaired) electrons.